The predicted molar refractivity (Wildman–Crippen MR) is 59.9 cm³/mol. The van der Waals surface area contributed by atoms with E-state index in [4.69, 9.17) is 3.07 Å². The third-order valence-corrected chi connectivity index (χ3v) is 7.23. The van der Waals surface area contributed by atoms with E-state index < -0.39 is 18.8 Å². The molecule has 0 bridgehead atoms. The molecular weight excluding hydrogens is 279 g/mol. The molecule has 0 fully saturated rings. The van der Waals surface area contributed by atoms with Crippen LogP contribution < -0.4 is 0 Å². The van der Waals surface area contributed by atoms with Crippen molar-refractivity contribution >= 4 is 18.8 Å². The van der Waals surface area contributed by atoms with E-state index in [2.05, 4.69) is 0 Å². The predicted octanol–water partition coefficient (Wildman–Crippen LogP) is 3.05. The summed E-state index contributed by atoms with van der Waals surface area (Å²) in [6.45, 7) is 3.94. The second-order valence-electron chi connectivity index (χ2n) is 3.78. The fraction of sp³-hybridized carbons (Fsp3) is 0.400. The summed E-state index contributed by atoms with van der Waals surface area (Å²) in [4.78, 5) is 1.75. The van der Waals surface area contributed by atoms with Crippen molar-refractivity contribution in [2.24, 2.45) is 0 Å². The van der Waals surface area contributed by atoms with E-state index in [1.165, 1.54) is 0 Å². The second-order valence-corrected chi connectivity index (χ2v) is 9.47. The summed E-state index contributed by atoms with van der Waals surface area (Å²) in [6, 6.07) is 7.81. The molecule has 1 heterocycles. The van der Waals surface area contributed by atoms with Crippen molar-refractivity contribution in [3.8, 4) is 0 Å². The monoisotopic (exact) mass is 292 g/mol. The zero-order valence-corrected chi connectivity index (χ0v) is 10.2. The molecule has 13 heavy (non-hydrogen) atoms. The first kappa shape index (κ1) is 9.27. The SMILES string of the molecule is CC1(C)OI(C)(=O)c2ccccc21. The van der Waals surface area contributed by atoms with Gasteiger partial charge in [0.15, 0.2) is 0 Å². The summed E-state index contributed by atoms with van der Waals surface area (Å²) in [7, 11) is 0. The van der Waals surface area contributed by atoms with Gasteiger partial charge in [-0.25, -0.2) is 0 Å². The Balaban J connectivity index is 2.72. The Kier molecular flexibility index (Phi) is 1.86. The summed E-state index contributed by atoms with van der Waals surface area (Å²) >= 11 is -3.28. The molecule has 0 saturated carbocycles. The van der Waals surface area contributed by atoms with Crippen LogP contribution in [0.15, 0.2) is 24.3 Å². The quantitative estimate of drug-likeness (QED) is 0.542. The maximum atomic E-state index is 12.1. The van der Waals surface area contributed by atoms with E-state index in [-0.39, 0.29) is 5.60 Å². The topological polar surface area (TPSA) is 26.3 Å². The molecule has 2 nitrogen and oxygen atoms in total. The van der Waals surface area contributed by atoms with E-state index in [0.717, 1.165) is 9.13 Å². The molecule has 72 valence electrons. The zero-order chi connectivity index (χ0) is 9.69. The van der Waals surface area contributed by atoms with Crippen molar-refractivity contribution in [3.63, 3.8) is 0 Å². The summed E-state index contributed by atoms with van der Waals surface area (Å²) in [5.74, 6) is 0. The van der Waals surface area contributed by atoms with Crippen molar-refractivity contribution in [2.45, 2.75) is 19.4 Å². The Hall–Kier alpha value is -0.290. The van der Waals surface area contributed by atoms with Crippen molar-refractivity contribution in [1.82, 2.24) is 0 Å². The van der Waals surface area contributed by atoms with Gasteiger partial charge in [-0.05, 0) is 0 Å². The van der Waals surface area contributed by atoms with Crippen LogP contribution in [0.5, 0.6) is 0 Å². The standard InChI is InChI=1S/C10H13IO2/c1-10(2)8-6-4-5-7-9(8)11(3,12)13-10/h4-7H,1-3H3. The molecule has 1 aromatic rings. The van der Waals surface area contributed by atoms with Gasteiger partial charge in [0.1, 0.15) is 0 Å². The normalized spacial score (nSPS) is 35.0. The molecule has 0 N–H and O–H groups in total. The molecule has 2 rings (SSSR count). The fourth-order valence-electron chi connectivity index (χ4n) is 1.70. The molecule has 0 aromatic heterocycles. The number of rotatable bonds is 0. The van der Waals surface area contributed by atoms with E-state index >= 15 is 0 Å². The van der Waals surface area contributed by atoms with Crippen LogP contribution in [0.4, 0.5) is 0 Å². The molecule has 3 heteroatoms. The van der Waals surface area contributed by atoms with E-state index in [9.17, 15) is 3.07 Å². The first-order valence-corrected chi connectivity index (χ1v) is 9.15. The molecule has 0 aliphatic carbocycles. The molecule has 0 radical (unpaired) electrons. The second kappa shape index (κ2) is 2.60. The summed E-state index contributed by atoms with van der Waals surface area (Å²) in [5, 5.41) is 0. The molecule has 1 unspecified atom stereocenters. The number of fused-ring (bicyclic) bond motifs is 1. The van der Waals surface area contributed by atoms with Gasteiger partial charge in [-0.1, -0.05) is 0 Å². The summed E-state index contributed by atoms with van der Waals surface area (Å²) < 4.78 is 18.7. The van der Waals surface area contributed by atoms with Crippen LogP contribution in [0.1, 0.15) is 19.4 Å². The van der Waals surface area contributed by atoms with Gasteiger partial charge in [0, 0.05) is 0 Å². The van der Waals surface area contributed by atoms with Crippen LogP contribution in [0, 0.1) is 3.57 Å². The third-order valence-electron chi connectivity index (χ3n) is 2.23. The molecule has 0 saturated heterocycles. The van der Waals surface area contributed by atoms with Crippen LogP contribution >= 0.6 is 18.8 Å². The Bertz CT molecular complexity index is 396. The molecule has 1 aliphatic rings. The van der Waals surface area contributed by atoms with Crippen molar-refractivity contribution < 1.29 is 6.14 Å². The number of benzene rings is 1. The Labute approximate surface area is 82.7 Å². The molecule has 1 aliphatic heterocycles. The minimum atomic E-state index is -3.28. The molecular formula is C10H13IO2. The van der Waals surface area contributed by atoms with Crippen LogP contribution in [0.2, 0.25) is 0 Å². The third kappa shape index (κ3) is 1.34. The average molecular weight is 292 g/mol. The molecule has 0 amide bonds. The van der Waals surface area contributed by atoms with Gasteiger partial charge >= 0.3 is 82.7 Å². The fourth-order valence-corrected chi connectivity index (χ4v) is 7.02. The first-order chi connectivity index (χ1) is 5.93. The first-order valence-electron chi connectivity index (χ1n) is 4.16. The van der Waals surface area contributed by atoms with Gasteiger partial charge in [0.25, 0.3) is 0 Å². The van der Waals surface area contributed by atoms with Crippen molar-refractivity contribution in [2.75, 3.05) is 4.93 Å². The van der Waals surface area contributed by atoms with Gasteiger partial charge in [0.2, 0.25) is 0 Å². The summed E-state index contributed by atoms with van der Waals surface area (Å²) in [6.07, 6.45) is 0. The van der Waals surface area contributed by atoms with E-state index in [1.54, 1.807) is 4.93 Å². The van der Waals surface area contributed by atoms with Crippen LogP contribution in [0.25, 0.3) is 0 Å². The van der Waals surface area contributed by atoms with Gasteiger partial charge in [-0.2, -0.15) is 0 Å². The molecule has 0 spiro atoms. The van der Waals surface area contributed by atoms with E-state index in [0.29, 0.717) is 0 Å². The van der Waals surface area contributed by atoms with Crippen LogP contribution in [-0.4, -0.2) is 4.93 Å². The molecule has 1 aromatic carbocycles. The van der Waals surface area contributed by atoms with E-state index in [1.807, 2.05) is 38.1 Å². The van der Waals surface area contributed by atoms with Gasteiger partial charge in [0.05, 0.1) is 0 Å². The number of alkyl halides is 1. The number of hydrogen-bond acceptors (Lipinski definition) is 2. The minimum absolute atomic E-state index is 0.371. The Morgan fingerprint density at radius 3 is 2.54 bits per heavy atom. The average Bonchev–Trinajstić information content (AvgIpc) is 2.20. The zero-order valence-electron chi connectivity index (χ0n) is 8.00. The van der Waals surface area contributed by atoms with Gasteiger partial charge in [-0.15, -0.1) is 0 Å². The van der Waals surface area contributed by atoms with Gasteiger partial charge < -0.3 is 0 Å². The van der Waals surface area contributed by atoms with Crippen molar-refractivity contribution in [1.29, 1.82) is 0 Å². The summed E-state index contributed by atoms with van der Waals surface area (Å²) in [5.41, 5.74) is 0.716. The Morgan fingerprint density at radius 1 is 1.31 bits per heavy atom. The van der Waals surface area contributed by atoms with Crippen LogP contribution in [-0.2, 0) is 11.7 Å². The van der Waals surface area contributed by atoms with Crippen molar-refractivity contribution in [3.05, 3.63) is 33.4 Å². The van der Waals surface area contributed by atoms with Gasteiger partial charge in [-0.3, -0.25) is 0 Å². The van der Waals surface area contributed by atoms with Crippen LogP contribution in [0.3, 0.4) is 0 Å². The number of halogens is 1. The Morgan fingerprint density at radius 2 is 1.92 bits per heavy atom. The number of hydrogen-bond donors (Lipinski definition) is 0. The molecule has 1 atom stereocenters. The maximum absolute atomic E-state index is 12.1.